The number of anilines is 3. The zero-order valence-electron chi connectivity index (χ0n) is 20.6. The Labute approximate surface area is 217 Å². The van der Waals surface area contributed by atoms with Crippen LogP contribution < -0.4 is 16.0 Å². The van der Waals surface area contributed by atoms with Gasteiger partial charge in [-0.25, -0.2) is 9.97 Å². The Hall–Kier alpha value is -4.04. The molecule has 38 heavy (non-hydrogen) atoms. The number of aliphatic hydroxyl groups is 2. The molecular formula is C25H28N8O5. The first-order chi connectivity index (χ1) is 18.4. The number of aromatic nitrogens is 5. The summed E-state index contributed by atoms with van der Waals surface area (Å²) in [5, 5.41) is 29.5. The first kappa shape index (κ1) is 24.3. The number of nitrogens with one attached hydrogen (secondary N) is 1. The van der Waals surface area contributed by atoms with Gasteiger partial charge in [-0.2, -0.15) is 5.10 Å². The molecule has 0 radical (unpaired) electrons. The summed E-state index contributed by atoms with van der Waals surface area (Å²) >= 11 is 0. The Kier molecular flexibility index (Phi) is 6.19. The first-order valence-electron chi connectivity index (χ1n) is 12.3. The monoisotopic (exact) mass is 520 g/mol. The maximum absolute atomic E-state index is 13.2. The number of ether oxygens (including phenoxy) is 2. The molecule has 3 aromatic heterocycles. The van der Waals surface area contributed by atoms with Crippen molar-refractivity contribution < 1.29 is 24.5 Å². The molecule has 5 N–H and O–H groups in total. The number of nitrogen functional groups attached to an aromatic ring is 1. The van der Waals surface area contributed by atoms with Crippen molar-refractivity contribution in [2.24, 2.45) is 7.05 Å². The molecule has 198 valence electrons. The standard InChI is InChI=1S/C25H28N8O5/c1-31-6-5-17(30-31)16-12-33(23-18(16)22(26)27-13-28-23)25-20(35)19(34)21(38-25)24(36)29-14-3-2-4-15(11-14)32-7-9-37-10-8-32/h2-6,11-13,19-21,25,34-35H,7-10H2,1H3,(H,29,36)(H2,26,27,28)/t19-,20+,21-,25+/m0/s1. The number of carbonyl (C=O) groups is 1. The van der Waals surface area contributed by atoms with Crippen LogP contribution in [0.4, 0.5) is 17.2 Å². The summed E-state index contributed by atoms with van der Waals surface area (Å²) in [6.45, 7) is 2.81. The number of hydrogen-bond acceptors (Lipinski definition) is 10. The molecule has 4 aromatic rings. The highest BCUT2D eigenvalue weighted by molar-refractivity contribution is 6.00. The molecule has 13 heteroatoms. The predicted octanol–water partition coefficient (Wildman–Crippen LogP) is 0.508. The third kappa shape index (κ3) is 4.24. The molecule has 0 aliphatic carbocycles. The van der Waals surface area contributed by atoms with Gasteiger partial charge in [0, 0.05) is 49.5 Å². The number of fused-ring (bicyclic) bond motifs is 1. The number of nitrogens with zero attached hydrogens (tertiary/aromatic N) is 6. The van der Waals surface area contributed by atoms with E-state index in [4.69, 9.17) is 15.2 Å². The van der Waals surface area contributed by atoms with Crippen LogP contribution in [-0.4, -0.2) is 85.1 Å². The summed E-state index contributed by atoms with van der Waals surface area (Å²) in [6, 6.07) is 9.24. The highest BCUT2D eigenvalue weighted by atomic mass is 16.6. The Balaban J connectivity index is 1.26. The van der Waals surface area contributed by atoms with Gasteiger partial charge < -0.3 is 40.2 Å². The van der Waals surface area contributed by atoms with Crippen molar-refractivity contribution in [1.29, 1.82) is 0 Å². The molecule has 6 rings (SSSR count). The van der Waals surface area contributed by atoms with Crippen LogP contribution in [0, 0.1) is 0 Å². The molecule has 2 saturated heterocycles. The van der Waals surface area contributed by atoms with Crippen LogP contribution in [0.1, 0.15) is 6.23 Å². The van der Waals surface area contributed by atoms with E-state index in [0.29, 0.717) is 41.2 Å². The van der Waals surface area contributed by atoms with Gasteiger partial charge in [0.15, 0.2) is 12.3 Å². The van der Waals surface area contributed by atoms with E-state index in [9.17, 15) is 15.0 Å². The minimum absolute atomic E-state index is 0.233. The topological polar surface area (TPSA) is 166 Å². The van der Waals surface area contributed by atoms with E-state index in [0.717, 1.165) is 18.8 Å². The fourth-order valence-corrected chi connectivity index (χ4v) is 4.98. The molecule has 4 atom stereocenters. The van der Waals surface area contributed by atoms with Crippen molar-refractivity contribution in [1.82, 2.24) is 24.3 Å². The second-order valence-electron chi connectivity index (χ2n) is 9.35. The van der Waals surface area contributed by atoms with Gasteiger partial charge in [-0.3, -0.25) is 9.48 Å². The summed E-state index contributed by atoms with van der Waals surface area (Å²) in [6.07, 6.45) is -0.528. The van der Waals surface area contributed by atoms with Crippen LogP contribution in [0.25, 0.3) is 22.3 Å². The number of nitrogens with two attached hydrogens (primary N) is 1. The van der Waals surface area contributed by atoms with Gasteiger partial charge >= 0.3 is 0 Å². The summed E-state index contributed by atoms with van der Waals surface area (Å²) in [5.41, 5.74) is 9.33. The molecule has 0 saturated carbocycles. The Morgan fingerprint density at radius 1 is 1.16 bits per heavy atom. The predicted molar refractivity (Wildman–Crippen MR) is 138 cm³/mol. The summed E-state index contributed by atoms with van der Waals surface area (Å²) < 4.78 is 14.6. The lowest BCUT2D eigenvalue weighted by Gasteiger charge is -2.29. The SMILES string of the molecule is Cn1ccc(-c2cn([C@@H]3O[C@H](C(=O)Nc4cccc(N5CCOCC5)c4)[C@@H](O)[C@H]3O)c3ncnc(N)c23)n1. The third-order valence-corrected chi connectivity index (χ3v) is 6.89. The van der Waals surface area contributed by atoms with Gasteiger partial charge in [0.2, 0.25) is 0 Å². The van der Waals surface area contributed by atoms with E-state index < -0.39 is 30.4 Å². The van der Waals surface area contributed by atoms with Gasteiger partial charge in [0.1, 0.15) is 30.0 Å². The van der Waals surface area contributed by atoms with Crippen LogP contribution in [0.15, 0.2) is 49.1 Å². The molecule has 2 aliphatic rings. The van der Waals surface area contributed by atoms with Crippen molar-refractivity contribution in [3.8, 4) is 11.3 Å². The number of aryl methyl sites for hydroxylation is 1. The molecule has 2 fully saturated rings. The van der Waals surface area contributed by atoms with Gasteiger partial charge in [0.25, 0.3) is 5.91 Å². The van der Waals surface area contributed by atoms with E-state index in [1.165, 1.54) is 6.33 Å². The second-order valence-corrected chi connectivity index (χ2v) is 9.35. The van der Waals surface area contributed by atoms with Crippen LogP contribution in [-0.2, 0) is 21.3 Å². The Morgan fingerprint density at radius 2 is 1.97 bits per heavy atom. The molecular weight excluding hydrogens is 492 g/mol. The molecule has 0 spiro atoms. The van der Waals surface area contributed by atoms with Gasteiger partial charge in [0.05, 0.1) is 24.3 Å². The zero-order valence-corrected chi connectivity index (χ0v) is 20.6. The van der Waals surface area contributed by atoms with E-state index in [1.807, 2.05) is 24.3 Å². The van der Waals surface area contributed by atoms with Gasteiger partial charge in [-0.1, -0.05) is 6.07 Å². The average Bonchev–Trinajstić information content (AvgIpc) is 3.61. The highest BCUT2D eigenvalue weighted by Gasteiger charge is 2.48. The number of rotatable bonds is 5. The number of benzene rings is 1. The number of morpholine rings is 1. The van der Waals surface area contributed by atoms with E-state index >= 15 is 0 Å². The fourth-order valence-electron chi connectivity index (χ4n) is 4.98. The van der Waals surface area contributed by atoms with Crippen LogP contribution in [0.3, 0.4) is 0 Å². The number of hydrogen-bond donors (Lipinski definition) is 4. The van der Waals surface area contributed by atoms with E-state index in [1.54, 1.807) is 34.8 Å². The van der Waals surface area contributed by atoms with Crippen LogP contribution in [0.5, 0.6) is 0 Å². The zero-order chi connectivity index (χ0) is 26.4. The number of aliphatic hydroxyl groups excluding tert-OH is 2. The largest absolute Gasteiger partial charge is 0.387 e. The van der Waals surface area contributed by atoms with Gasteiger partial charge in [-0.15, -0.1) is 0 Å². The lowest BCUT2D eigenvalue weighted by atomic mass is 10.1. The molecule has 2 aliphatic heterocycles. The quantitative estimate of drug-likeness (QED) is 0.291. The smallest absolute Gasteiger partial charge is 0.256 e. The summed E-state index contributed by atoms with van der Waals surface area (Å²) in [4.78, 5) is 23.8. The lowest BCUT2D eigenvalue weighted by Crippen LogP contribution is -2.39. The molecule has 0 bridgehead atoms. The maximum Gasteiger partial charge on any atom is 0.256 e. The molecule has 13 nitrogen and oxygen atoms in total. The molecule has 1 aromatic carbocycles. The minimum atomic E-state index is -1.47. The van der Waals surface area contributed by atoms with Crippen molar-refractivity contribution in [2.45, 2.75) is 24.5 Å². The fraction of sp³-hybridized carbons (Fsp3) is 0.360. The van der Waals surface area contributed by atoms with E-state index in [-0.39, 0.29) is 5.82 Å². The minimum Gasteiger partial charge on any atom is -0.387 e. The van der Waals surface area contributed by atoms with Crippen LogP contribution in [0.2, 0.25) is 0 Å². The van der Waals surface area contributed by atoms with Crippen molar-refractivity contribution >= 4 is 34.1 Å². The second kappa shape index (κ2) is 9.68. The van der Waals surface area contributed by atoms with E-state index in [2.05, 4.69) is 25.3 Å². The number of carbonyl (C=O) groups excluding carboxylic acids is 1. The Morgan fingerprint density at radius 3 is 2.74 bits per heavy atom. The molecule has 5 heterocycles. The average molecular weight is 521 g/mol. The van der Waals surface area contributed by atoms with Crippen LogP contribution >= 0.6 is 0 Å². The maximum atomic E-state index is 13.2. The van der Waals surface area contributed by atoms with Crippen molar-refractivity contribution in [3.05, 3.63) is 49.1 Å². The molecule has 0 unspecified atom stereocenters. The Bertz CT molecular complexity index is 1480. The summed E-state index contributed by atoms with van der Waals surface area (Å²) in [5.74, 6) is -0.342. The first-order valence-corrected chi connectivity index (χ1v) is 12.3. The highest BCUT2D eigenvalue weighted by Crippen LogP contribution is 2.38. The number of amides is 1. The lowest BCUT2D eigenvalue weighted by molar-refractivity contribution is -0.132. The summed E-state index contributed by atoms with van der Waals surface area (Å²) in [7, 11) is 1.79. The molecule has 1 amide bonds. The van der Waals surface area contributed by atoms with Crippen molar-refractivity contribution in [2.75, 3.05) is 42.3 Å². The van der Waals surface area contributed by atoms with Crippen molar-refractivity contribution in [3.63, 3.8) is 0 Å². The third-order valence-electron chi connectivity index (χ3n) is 6.89. The van der Waals surface area contributed by atoms with Gasteiger partial charge in [-0.05, 0) is 24.3 Å². The normalized spacial score (nSPS) is 23.7.